The van der Waals surface area contributed by atoms with Gasteiger partial charge in [-0.05, 0) is 18.1 Å². The molecule has 2 aromatic rings. The van der Waals surface area contributed by atoms with Gasteiger partial charge in [-0.2, -0.15) is 0 Å². The number of thiazole rings is 1. The molecule has 1 aromatic carbocycles. The summed E-state index contributed by atoms with van der Waals surface area (Å²) in [5, 5.41) is 6.05. The minimum atomic E-state index is -0.562. The minimum Gasteiger partial charge on any atom is -0.461 e. The molecule has 3 rings (SSSR count). The van der Waals surface area contributed by atoms with E-state index in [1.165, 1.54) is 22.5 Å². The summed E-state index contributed by atoms with van der Waals surface area (Å²) in [6, 6.07) is 8.17. The number of carbonyl (C=O) groups excluding carboxylic acids is 1. The molecule has 0 atom stereocenters. The van der Waals surface area contributed by atoms with Crippen molar-refractivity contribution in [2.75, 3.05) is 12.3 Å². The van der Waals surface area contributed by atoms with Crippen LogP contribution in [0.4, 0.5) is 5.13 Å². The third-order valence-electron chi connectivity index (χ3n) is 3.54. The average molecular weight is 331 g/mol. The molecule has 1 heterocycles. The van der Waals surface area contributed by atoms with Gasteiger partial charge in [0.2, 0.25) is 5.71 Å². The summed E-state index contributed by atoms with van der Waals surface area (Å²) in [5.41, 5.74) is 8.56. The van der Waals surface area contributed by atoms with Gasteiger partial charge < -0.3 is 15.3 Å². The molecule has 2 N–H and O–H groups in total. The predicted octanol–water partition coefficient (Wildman–Crippen LogP) is 2.18. The van der Waals surface area contributed by atoms with E-state index in [4.69, 9.17) is 15.3 Å². The molecule has 0 saturated carbocycles. The Bertz CT molecular complexity index is 717. The zero-order valence-corrected chi connectivity index (χ0v) is 13.5. The highest BCUT2D eigenvalue weighted by molar-refractivity contribution is 7.13. The van der Waals surface area contributed by atoms with Crippen molar-refractivity contribution in [3.8, 4) is 0 Å². The van der Waals surface area contributed by atoms with Crippen molar-refractivity contribution in [1.82, 2.24) is 4.98 Å². The number of nitrogens with zero attached hydrogens (tertiary/aromatic N) is 2. The van der Waals surface area contributed by atoms with Crippen molar-refractivity contribution in [3.05, 3.63) is 46.5 Å². The lowest BCUT2D eigenvalue weighted by Crippen LogP contribution is -2.21. The second-order valence-corrected chi connectivity index (χ2v) is 6.03. The van der Waals surface area contributed by atoms with Crippen LogP contribution in [0.1, 0.15) is 23.7 Å². The second-order valence-electron chi connectivity index (χ2n) is 5.14. The molecule has 0 fully saturated rings. The molecule has 0 radical (unpaired) electrons. The Labute approximate surface area is 137 Å². The van der Waals surface area contributed by atoms with Gasteiger partial charge in [0.05, 0.1) is 6.61 Å². The van der Waals surface area contributed by atoms with Crippen LogP contribution in [-0.4, -0.2) is 29.4 Å². The molecule has 6 nitrogen and oxygen atoms in total. The summed E-state index contributed by atoms with van der Waals surface area (Å²) in [5.74, 6) is -0.562. The third-order valence-corrected chi connectivity index (χ3v) is 4.21. The van der Waals surface area contributed by atoms with Gasteiger partial charge >= 0.3 is 5.97 Å². The third kappa shape index (κ3) is 3.50. The number of hydrogen-bond acceptors (Lipinski definition) is 7. The van der Waals surface area contributed by atoms with Crippen LogP contribution in [0.25, 0.3) is 0 Å². The molecule has 7 heteroatoms. The van der Waals surface area contributed by atoms with Gasteiger partial charge in [0.25, 0.3) is 0 Å². The fourth-order valence-electron chi connectivity index (χ4n) is 2.50. The number of benzene rings is 1. The molecular formula is C16H17N3O3S. The monoisotopic (exact) mass is 331 g/mol. The van der Waals surface area contributed by atoms with Crippen LogP contribution in [-0.2, 0) is 27.2 Å². The number of oxime groups is 1. The van der Waals surface area contributed by atoms with Crippen LogP contribution < -0.4 is 5.73 Å². The number of rotatable bonds is 5. The standard InChI is InChI=1S/C16H17N3O3S/c1-2-21-15(20)14(13-9-23-16(17)18-13)19-22-12-7-10-5-3-4-6-11(10)8-12/h3-6,9,12H,2,7-8H2,1H3,(H2,17,18). The van der Waals surface area contributed by atoms with Crippen LogP contribution in [0.3, 0.4) is 0 Å². The van der Waals surface area contributed by atoms with E-state index in [0.29, 0.717) is 10.8 Å². The number of ether oxygens (including phenoxy) is 1. The lowest BCUT2D eigenvalue weighted by molar-refractivity contribution is -0.135. The summed E-state index contributed by atoms with van der Waals surface area (Å²) in [4.78, 5) is 21.7. The summed E-state index contributed by atoms with van der Waals surface area (Å²) < 4.78 is 5.02. The van der Waals surface area contributed by atoms with Crippen LogP contribution in [0.15, 0.2) is 34.8 Å². The van der Waals surface area contributed by atoms with Crippen molar-refractivity contribution in [2.45, 2.75) is 25.9 Å². The van der Waals surface area contributed by atoms with E-state index < -0.39 is 5.97 Å². The first-order chi connectivity index (χ1) is 11.2. The highest BCUT2D eigenvalue weighted by Gasteiger charge is 2.25. The predicted molar refractivity (Wildman–Crippen MR) is 88.4 cm³/mol. The normalized spacial score (nSPS) is 14.6. The maximum Gasteiger partial charge on any atom is 0.362 e. The molecule has 0 unspecified atom stereocenters. The number of fused-ring (bicyclic) bond motifs is 1. The molecular weight excluding hydrogens is 314 g/mol. The van der Waals surface area contributed by atoms with Crippen LogP contribution in [0, 0.1) is 0 Å². The topological polar surface area (TPSA) is 86.8 Å². The number of nitrogen functional groups attached to an aromatic ring is 1. The Morgan fingerprint density at radius 1 is 1.39 bits per heavy atom. The van der Waals surface area contributed by atoms with E-state index >= 15 is 0 Å². The first-order valence-corrected chi connectivity index (χ1v) is 8.24. The molecule has 0 amide bonds. The Morgan fingerprint density at radius 3 is 2.65 bits per heavy atom. The van der Waals surface area contributed by atoms with Gasteiger partial charge in [-0.15, -0.1) is 11.3 Å². The Morgan fingerprint density at radius 2 is 2.09 bits per heavy atom. The zero-order chi connectivity index (χ0) is 16.2. The van der Waals surface area contributed by atoms with Gasteiger partial charge in [-0.25, -0.2) is 9.78 Å². The summed E-state index contributed by atoms with van der Waals surface area (Å²) in [6.07, 6.45) is 1.46. The molecule has 0 spiro atoms. The zero-order valence-electron chi connectivity index (χ0n) is 12.7. The summed E-state index contributed by atoms with van der Waals surface area (Å²) in [6.45, 7) is 1.99. The highest BCUT2D eigenvalue weighted by atomic mass is 32.1. The van der Waals surface area contributed by atoms with Crippen LogP contribution in [0.5, 0.6) is 0 Å². The SMILES string of the molecule is CCOC(=O)C(=NOC1Cc2ccccc2C1)c1csc(N)n1. The van der Waals surface area contributed by atoms with Crippen LogP contribution in [0.2, 0.25) is 0 Å². The van der Waals surface area contributed by atoms with Crippen molar-refractivity contribution >= 4 is 28.1 Å². The molecule has 1 aliphatic rings. The molecule has 1 aliphatic carbocycles. The first-order valence-electron chi connectivity index (χ1n) is 7.36. The second kappa shape index (κ2) is 6.78. The molecule has 0 bridgehead atoms. The van der Waals surface area contributed by atoms with Gasteiger partial charge in [0.15, 0.2) is 5.13 Å². The van der Waals surface area contributed by atoms with Crippen molar-refractivity contribution in [1.29, 1.82) is 0 Å². The van der Waals surface area contributed by atoms with Gasteiger partial charge in [-0.1, -0.05) is 29.4 Å². The van der Waals surface area contributed by atoms with E-state index in [0.717, 1.165) is 12.8 Å². The Hall–Kier alpha value is -2.41. The maximum absolute atomic E-state index is 12.1. The molecule has 0 aliphatic heterocycles. The molecule has 0 saturated heterocycles. The van der Waals surface area contributed by atoms with Crippen LogP contribution >= 0.6 is 11.3 Å². The largest absolute Gasteiger partial charge is 0.461 e. The number of esters is 1. The number of anilines is 1. The number of hydrogen-bond donors (Lipinski definition) is 1. The summed E-state index contributed by atoms with van der Waals surface area (Å²) >= 11 is 1.24. The minimum absolute atomic E-state index is 0.0516. The number of aromatic nitrogens is 1. The molecule has 23 heavy (non-hydrogen) atoms. The average Bonchev–Trinajstić information content (AvgIpc) is 3.13. The van der Waals surface area contributed by atoms with Crippen molar-refractivity contribution < 1.29 is 14.4 Å². The van der Waals surface area contributed by atoms with E-state index in [1.807, 2.05) is 12.1 Å². The quantitative estimate of drug-likeness (QED) is 0.515. The highest BCUT2D eigenvalue weighted by Crippen LogP contribution is 2.24. The lowest BCUT2D eigenvalue weighted by Gasteiger charge is -2.08. The van der Waals surface area contributed by atoms with E-state index in [2.05, 4.69) is 22.3 Å². The Balaban J connectivity index is 1.75. The smallest absolute Gasteiger partial charge is 0.362 e. The van der Waals surface area contributed by atoms with Crippen molar-refractivity contribution in [3.63, 3.8) is 0 Å². The van der Waals surface area contributed by atoms with E-state index in [-0.39, 0.29) is 18.4 Å². The van der Waals surface area contributed by atoms with Gasteiger partial charge in [0, 0.05) is 18.2 Å². The maximum atomic E-state index is 12.1. The van der Waals surface area contributed by atoms with E-state index in [1.54, 1.807) is 12.3 Å². The molecule has 1 aromatic heterocycles. The fraction of sp³-hybridized carbons (Fsp3) is 0.312. The van der Waals surface area contributed by atoms with Crippen molar-refractivity contribution in [2.24, 2.45) is 5.16 Å². The van der Waals surface area contributed by atoms with Gasteiger partial charge in [0.1, 0.15) is 11.8 Å². The van der Waals surface area contributed by atoms with Gasteiger partial charge in [-0.3, -0.25) is 0 Å². The first kappa shape index (κ1) is 15.5. The fourth-order valence-corrected chi connectivity index (χ4v) is 3.05. The number of nitrogens with two attached hydrogens (primary N) is 1. The summed E-state index contributed by atoms with van der Waals surface area (Å²) in [7, 11) is 0. The van der Waals surface area contributed by atoms with E-state index in [9.17, 15) is 4.79 Å². The number of carbonyl (C=O) groups is 1. The lowest BCUT2D eigenvalue weighted by atomic mass is 10.1. The molecule has 120 valence electrons. The Kier molecular flexibility index (Phi) is 4.57.